The Morgan fingerprint density at radius 3 is 2.25 bits per heavy atom. The number of unbranched alkanes of at least 4 members (excludes halogenated alkanes) is 3. The molecule has 6 N–H and O–H groups in total. The summed E-state index contributed by atoms with van der Waals surface area (Å²) in [5, 5.41) is 18.6. The van der Waals surface area contributed by atoms with Crippen LogP contribution in [0, 0.1) is 5.41 Å². The van der Waals surface area contributed by atoms with E-state index in [1.807, 2.05) is 75.4 Å². The molecule has 0 unspecified atom stereocenters. The Bertz CT molecular complexity index is 3090. The van der Waals surface area contributed by atoms with Crippen molar-refractivity contribution in [2.45, 2.75) is 110 Å². The lowest BCUT2D eigenvalue weighted by Gasteiger charge is -2.41. The van der Waals surface area contributed by atoms with Crippen LogP contribution in [0.3, 0.4) is 0 Å². The van der Waals surface area contributed by atoms with Crippen molar-refractivity contribution in [2.75, 3.05) is 94.6 Å². The Morgan fingerprint density at radius 1 is 0.833 bits per heavy atom. The number of carbonyl (C=O) groups is 5. The van der Waals surface area contributed by atoms with Crippen LogP contribution < -0.4 is 55.9 Å². The van der Waals surface area contributed by atoms with E-state index in [9.17, 15) is 24.0 Å². The summed E-state index contributed by atoms with van der Waals surface area (Å²) >= 11 is 12.9. The Kier molecular flexibility index (Phi) is 21.6. The summed E-state index contributed by atoms with van der Waals surface area (Å²) in [6.07, 6.45) is 8.03. The van der Waals surface area contributed by atoms with Gasteiger partial charge in [-0.25, -0.2) is 14.8 Å². The van der Waals surface area contributed by atoms with Gasteiger partial charge in [-0.3, -0.25) is 29.0 Å². The highest BCUT2D eigenvalue weighted by Crippen LogP contribution is 2.44. The second kappa shape index (κ2) is 28.9. The number of ether oxygens (including phenoxy) is 3. The van der Waals surface area contributed by atoms with E-state index in [1.54, 1.807) is 32.0 Å². The standard InChI is InChI=1S/C62H80Cl2N12O8/c1-39(65-5)58(78)72-57(62(2,3)4)60(80)76-36-42-32-45(25-20-41(42)33-48(76)59(79)70-47-19-15-17-40-16-11-12-18-46(40)47)84-31-14-10-9-13-26-66-53(77)37-74-27-29-75(30-28-74)44-23-21-43(22-24-44)69-51-35-52(68-38-67-51)73(6)61(81)71-56-54(63)49(82-7)34-50(83-8)55(56)64/h11-12,16,18,20-25,32,34-35,38-39,47-48,57,65H,9-10,13-15,17,19,26-31,33,36-37H2,1-8H3,(H,66,77)(H,70,79)(H,71,81)(H,72,78)(H,67,68,69)/t39-,47+,48-,57+/m0/s1. The number of aryl methyl sites for hydroxylation is 1. The zero-order valence-electron chi connectivity index (χ0n) is 49.4. The molecule has 4 atom stereocenters. The number of amides is 6. The fraction of sp³-hybridized carbons (Fsp3) is 0.468. The fourth-order valence-corrected chi connectivity index (χ4v) is 11.3. The molecular formula is C62H80Cl2N12O8. The number of anilines is 5. The number of methoxy groups -OCH3 is 2. The molecule has 3 aliphatic rings. The highest BCUT2D eigenvalue weighted by Gasteiger charge is 2.43. The van der Waals surface area contributed by atoms with E-state index in [1.165, 1.54) is 37.1 Å². The normalized spacial score (nSPS) is 16.7. The van der Waals surface area contributed by atoms with Crippen LogP contribution in [0.15, 0.2) is 85.2 Å². The number of piperazine rings is 1. The first-order valence-corrected chi connectivity index (χ1v) is 29.6. The second-order valence-electron chi connectivity index (χ2n) is 22.7. The average molecular weight is 1190 g/mol. The molecule has 1 aromatic heterocycles. The molecule has 4 aromatic carbocycles. The van der Waals surface area contributed by atoms with Gasteiger partial charge in [0.15, 0.2) is 0 Å². The number of benzene rings is 4. The molecule has 1 aliphatic carbocycles. The molecule has 450 valence electrons. The maximum Gasteiger partial charge on any atom is 0.327 e. The first-order valence-electron chi connectivity index (χ1n) is 28.8. The third-order valence-corrected chi connectivity index (χ3v) is 16.6. The molecule has 0 bridgehead atoms. The second-order valence-corrected chi connectivity index (χ2v) is 23.4. The number of hydrogen-bond acceptors (Lipinski definition) is 14. The van der Waals surface area contributed by atoms with Crippen LogP contribution in [0.25, 0.3) is 0 Å². The largest absolute Gasteiger partial charge is 0.495 e. The molecule has 1 fully saturated rings. The zero-order chi connectivity index (χ0) is 60.1. The van der Waals surface area contributed by atoms with Gasteiger partial charge < -0.3 is 55.9 Å². The van der Waals surface area contributed by atoms with Crippen molar-refractivity contribution in [1.82, 2.24) is 41.0 Å². The molecule has 20 nitrogen and oxygen atoms in total. The molecule has 6 amide bonds. The highest BCUT2D eigenvalue weighted by atomic mass is 35.5. The predicted molar refractivity (Wildman–Crippen MR) is 329 cm³/mol. The number of nitrogens with zero attached hydrogens (tertiary/aromatic N) is 6. The summed E-state index contributed by atoms with van der Waals surface area (Å²) in [7, 11) is 6.16. The number of urea groups is 1. The van der Waals surface area contributed by atoms with E-state index in [4.69, 9.17) is 37.4 Å². The molecule has 5 aromatic rings. The molecule has 22 heteroatoms. The van der Waals surface area contributed by atoms with Crippen molar-refractivity contribution in [2.24, 2.45) is 5.41 Å². The minimum absolute atomic E-state index is 0.0185. The van der Waals surface area contributed by atoms with Crippen LogP contribution in [0.5, 0.6) is 17.2 Å². The van der Waals surface area contributed by atoms with Gasteiger partial charge in [0.2, 0.25) is 23.6 Å². The van der Waals surface area contributed by atoms with Crippen molar-refractivity contribution in [3.63, 3.8) is 0 Å². The summed E-state index contributed by atoms with van der Waals surface area (Å²) in [6, 6.07) is 22.5. The molecule has 1 saturated heterocycles. The van der Waals surface area contributed by atoms with Crippen molar-refractivity contribution >= 4 is 81.6 Å². The number of halogens is 2. The molecule has 84 heavy (non-hydrogen) atoms. The lowest BCUT2D eigenvalue weighted by Crippen LogP contribution is -2.62. The van der Waals surface area contributed by atoms with Crippen molar-refractivity contribution in [1.29, 1.82) is 0 Å². The van der Waals surface area contributed by atoms with Crippen molar-refractivity contribution in [3.8, 4) is 17.2 Å². The topological polar surface area (TPSA) is 224 Å². The van der Waals surface area contributed by atoms with Crippen LogP contribution in [0.1, 0.15) is 94.5 Å². The number of likely N-dealkylation sites (N-methyl/N-ethyl adjacent to an activating group) is 1. The van der Waals surface area contributed by atoms with E-state index in [2.05, 4.69) is 63.8 Å². The third-order valence-electron chi connectivity index (χ3n) is 15.8. The Balaban J connectivity index is 0.745. The molecule has 0 radical (unpaired) electrons. The molecule has 0 spiro atoms. The fourth-order valence-electron chi connectivity index (χ4n) is 10.7. The van der Waals surface area contributed by atoms with Gasteiger partial charge in [0, 0.05) is 76.2 Å². The lowest BCUT2D eigenvalue weighted by atomic mass is 9.83. The van der Waals surface area contributed by atoms with Crippen LogP contribution in [-0.4, -0.2) is 142 Å². The quantitative estimate of drug-likeness (QED) is 0.0337. The van der Waals surface area contributed by atoms with E-state index in [-0.39, 0.29) is 63.4 Å². The Labute approximate surface area is 503 Å². The number of hydrogen-bond donors (Lipinski definition) is 6. The molecule has 3 heterocycles. The molecule has 2 aliphatic heterocycles. The zero-order valence-corrected chi connectivity index (χ0v) is 50.9. The molecule has 8 rings (SSSR count). The number of aromatic nitrogens is 2. The number of carbonyl (C=O) groups excluding carboxylic acids is 5. The Morgan fingerprint density at radius 2 is 1.55 bits per heavy atom. The summed E-state index contributed by atoms with van der Waals surface area (Å²) < 4.78 is 16.9. The van der Waals surface area contributed by atoms with Gasteiger partial charge in [0.05, 0.1) is 45.1 Å². The monoisotopic (exact) mass is 1190 g/mol. The molecular weight excluding hydrogens is 1110 g/mol. The van der Waals surface area contributed by atoms with Gasteiger partial charge in [-0.05, 0) is 110 Å². The number of rotatable bonds is 23. The SMILES string of the molecule is CN[C@@H](C)C(=O)N[C@H](C(=O)N1Cc2cc(OCCCCCCNC(=O)CN3CCN(c4ccc(Nc5cc(N(C)C(=O)Nc6c(Cl)c(OC)cc(OC)c6Cl)ncn5)cc4)CC3)ccc2C[C@H]1C(=O)N[C@@H]1CCCc2ccccc21)C(C)(C)C. The Hall–Kier alpha value is -7.39. The summed E-state index contributed by atoms with van der Waals surface area (Å²) in [5.74, 6) is 1.29. The summed E-state index contributed by atoms with van der Waals surface area (Å²) in [6.45, 7) is 12.3. The molecule has 0 saturated carbocycles. The summed E-state index contributed by atoms with van der Waals surface area (Å²) in [4.78, 5) is 84.7. The first-order chi connectivity index (χ1) is 40.3. The van der Waals surface area contributed by atoms with E-state index >= 15 is 0 Å². The van der Waals surface area contributed by atoms with Crippen LogP contribution >= 0.6 is 23.2 Å². The van der Waals surface area contributed by atoms with Crippen LogP contribution in [-0.2, 0) is 38.6 Å². The number of nitrogens with one attached hydrogen (secondary N) is 6. The van der Waals surface area contributed by atoms with Crippen molar-refractivity contribution in [3.05, 3.63) is 117 Å². The maximum atomic E-state index is 14.8. The van der Waals surface area contributed by atoms with E-state index in [0.29, 0.717) is 43.5 Å². The van der Waals surface area contributed by atoms with E-state index < -0.39 is 29.6 Å². The lowest BCUT2D eigenvalue weighted by molar-refractivity contribution is -0.147. The highest BCUT2D eigenvalue weighted by molar-refractivity contribution is 6.41. The van der Waals surface area contributed by atoms with Gasteiger partial charge >= 0.3 is 6.03 Å². The average Bonchev–Trinajstić information content (AvgIpc) is 3.63. The van der Waals surface area contributed by atoms with Gasteiger partial charge in [-0.2, -0.15) is 0 Å². The van der Waals surface area contributed by atoms with Gasteiger partial charge in [-0.1, -0.05) is 87.1 Å². The van der Waals surface area contributed by atoms with Gasteiger partial charge in [-0.15, -0.1) is 0 Å². The third kappa shape index (κ3) is 15.9. The number of fused-ring (bicyclic) bond motifs is 2. The summed E-state index contributed by atoms with van der Waals surface area (Å²) in [5.41, 5.74) is 5.61. The smallest absolute Gasteiger partial charge is 0.327 e. The van der Waals surface area contributed by atoms with Crippen LogP contribution in [0.4, 0.5) is 33.5 Å². The van der Waals surface area contributed by atoms with Crippen LogP contribution in [0.2, 0.25) is 10.0 Å². The van der Waals surface area contributed by atoms with Gasteiger partial charge in [0.1, 0.15) is 57.3 Å². The first kappa shape index (κ1) is 62.7. The van der Waals surface area contributed by atoms with E-state index in [0.717, 1.165) is 99.2 Å². The minimum Gasteiger partial charge on any atom is -0.495 e. The predicted octanol–water partition coefficient (Wildman–Crippen LogP) is 8.68. The maximum absolute atomic E-state index is 14.8. The van der Waals surface area contributed by atoms with Crippen molar-refractivity contribution < 1.29 is 38.2 Å². The minimum atomic E-state index is -0.872. The van der Waals surface area contributed by atoms with Gasteiger partial charge in [0.25, 0.3) is 0 Å².